The van der Waals surface area contributed by atoms with E-state index in [0.29, 0.717) is 19.6 Å². The van der Waals surface area contributed by atoms with Crippen LogP contribution in [0, 0.1) is 5.41 Å². The van der Waals surface area contributed by atoms with Gasteiger partial charge in [-0.1, -0.05) is 20.8 Å². The third-order valence-electron chi connectivity index (χ3n) is 3.60. The molecule has 1 atom stereocenters. The lowest BCUT2D eigenvalue weighted by atomic mass is 9.96. The van der Waals surface area contributed by atoms with Crippen molar-refractivity contribution in [2.24, 2.45) is 10.4 Å². The molecular weight excluding hydrogens is 280 g/mol. The van der Waals surface area contributed by atoms with Gasteiger partial charge in [0.2, 0.25) is 5.91 Å². The summed E-state index contributed by atoms with van der Waals surface area (Å²) in [5.41, 5.74) is -0.490. The zero-order chi connectivity index (χ0) is 16.6. The van der Waals surface area contributed by atoms with E-state index in [0.717, 1.165) is 32.0 Å². The van der Waals surface area contributed by atoms with Crippen LogP contribution in [0.3, 0.4) is 0 Å². The summed E-state index contributed by atoms with van der Waals surface area (Å²) in [6.07, 6.45) is 2.16. The molecule has 0 saturated carbocycles. The van der Waals surface area contributed by atoms with Crippen molar-refractivity contribution >= 4 is 11.9 Å². The molecule has 1 fully saturated rings. The first-order valence-electron chi connectivity index (χ1n) is 8.21. The van der Waals surface area contributed by atoms with Gasteiger partial charge in [-0.3, -0.25) is 9.79 Å². The molecule has 1 aliphatic heterocycles. The maximum atomic E-state index is 11.8. The fourth-order valence-corrected chi connectivity index (χ4v) is 2.17. The maximum absolute atomic E-state index is 11.8. The molecule has 128 valence electrons. The number of rotatable bonds is 6. The second-order valence-corrected chi connectivity index (χ2v) is 7.03. The van der Waals surface area contributed by atoms with Gasteiger partial charge < -0.3 is 20.7 Å². The highest BCUT2D eigenvalue weighted by molar-refractivity contribution is 5.81. The molecule has 0 aromatic heterocycles. The van der Waals surface area contributed by atoms with Gasteiger partial charge in [0.05, 0.1) is 12.1 Å². The minimum Gasteiger partial charge on any atom is -0.373 e. The van der Waals surface area contributed by atoms with Gasteiger partial charge in [0.25, 0.3) is 0 Å². The van der Waals surface area contributed by atoms with Crippen molar-refractivity contribution < 1.29 is 9.53 Å². The molecule has 1 amide bonds. The second kappa shape index (κ2) is 8.36. The molecule has 6 nitrogen and oxygen atoms in total. The smallest absolute Gasteiger partial charge is 0.225 e. The molecule has 0 aromatic carbocycles. The predicted molar refractivity (Wildman–Crippen MR) is 90.0 cm³/mol. The molecule has 0 bridgehead atoms. The predicted octanol–water partition coefficient (Wildman–Crippen LogP) is 1.27. The Morgan fingerprint density at radius 1 is 1.23 bits per heavy atom. The normalized spacial score (nSPS) is 22.5. The molecule has 0 radical (unpaired) electrons. The Hall–Kier alpha value is -1.30. The number of ether oxygens (including phenoxy) is 1. The summed E-state index contributed by atoms with van der Waals surface area (Å²) in [5.74, 6) is 0.826. The van der Waals surface area contributed by atoms with Crippen LogP contribution in [0.1, 0.15) is 47.5 Å². The summed E-state index contributed by atoms with van der Waals surface area (Å²) < 4.78 is 5.74. The first-order chi connectivity index (χ1) is 10.3. The number of hydrogen-bond acceptors (Lipinski definition) is 3. The standard InChI is InChI=1S/C16H32N4O2/c1-6-17-14(20-12-16(5)8-7-11-22-16)19-10-9-18-13(21)15(2,3)4/h6-12H2,1-5H3,(H,18,21)(H2,17,19,20). The quantitative estimate of drug-likeness (QED) is 0.392. The second-order valence-electron chi connectivity index (χ2n) is 7.03. The molecule has 0 aliphatic carbocycles. The van der Waals surface area contributed by atoms with Crippen LogP contribution in [0.5, 0.6) is 0 Å². The van der Waals surface area contributed by atoms with E-state index in [9.17, 15) is 4.79 Å². The monoisotopic (exact) mass is 312 g/mol. The van der Waals surface area contributed by atoms with E-state index in [1.54, 1.807) is 0 Å². The number of amides is 1. The van der Waals surface area contributed by atoms with Crippen LogP contribution in [0.15, 0.2) is 4.99 Å². The first-order valence-corrected chi connectivity index (χ1v) is 8.21. The van der Waals surface area contributed by atoms with Crippen LogP contribution in [0.2, 0.25) is 0 Å². The Labute approximate surface area is 134 Å². The van der Waals surface area contributed by atoms with Crippen LogP contribution in [-0.2, 0) is 9.53 Å². The lowest BCUT2D eigenvalue weighted by Gasteiger charge is -2.22. The summed E-state index contributed by atoms with van der Waals surface area (Å²) >= 11 is 0. The zero-order valence-electron chi connectivity index (χ0n) is 14.7. The van der Waals surface area contributed by atoms with Crippen molar-refractivity contribution in [1.82, 2.24) is 16.0 Å². The topological polar surface area (TPSA) is 74.8 Å². The average Bonchev–Trinajstić information content (AvgIpc) is 2.86. The molecule has 0 aromatic rings. The van der Waals surface area contributed by atoms with Gasteiger partial charge in [0, 0.05) is 31.7 Å². The molecule has 1 aliphatic rings. The van der Waals surface area contributed by atoms with Crippen LogP contribution >= 0.6 is 0 Å². The summed E-state index contributed by atoms with van der Waals surface area (Å²) in [6.45, 7) is 13.4. The van der Waals surface area contributed by atoms with E-state index < -0.39 is 0 Å². The van der Waals surface area contributed by atoms with Crippen molar-refractivity contribution in [3.8, 4) is 0 Å². The van der Waals surface area contributed by atoms with Crippen LogP contribution < -0.4 is 16.0 Å². The van der Waals surface area contributed by atoms with Crippen molar-refractivity contribution in [1.29, 1.82) is 0 Å². The molecule has 22 heavy (non-hydrogen) atoms. The van der Waals surface area contributed by atoms with E-state index in [4.69, 9.17) is 4.74 Å². The Morgan fingerprint density at radius 2 is 1.91 bits per heavy atom. The lowest BCUT2D eigenvalue weighted by molar-refractivity contribution is -0.128. The Kier molecular flexibility index (Phi) is 7.13. The van der Waals surface area contributed by atoms with Gasteiger partial charge in [-0.05, 0) is 26.7 Å². The SMILES string of the molecule is CCNC(=NCC1(C)CCCO1)NCCNC(=O)C(C)(C)C. The number of carbonyl (C=O) groups excluding carboxylic acids is 1. The fourth-order valence-electron chi connectivity index (χ4n) is 2.17. The van der Waals surface area contributed by atoms with E-state index in [-0.39, 0.29) is 16.9 Å². The molecule has 1 rings (SSSR count). The van der Waals surface area contributed by atoms with Gasteiger partial charge in [-0.15, -0.1) is 0 Å². The van der Waals surface area contributed by atoms with Crippen molar-refractivity contribution in [2.75, 3.05) is 32.8 Å². The van der Waals surface area contributed by atoms with E-state index in [1.807, 2.05) is 27.7 Å². The maximum Gasteiger partial charge on any atom is 0.225 e. The fraction of sp³-hybridized carbons (Fsp3) is 0.875. The molecule has 3 N–H and O–H groups in total. The largest absolute Gasteiger partial charge is 0.373 e. The molecule has 1 saturated heterocycles. The van der Waals surface area contributed by atoms with Gasteiger partial charge in [-0.25, -0.2) is 0 Å². The van der Waals surface area contributed by atoms with E-state index >= 15 is 0 Å². The molecule has 1 unspecified atom stereocenters. The average molecular weight is 312 g/mol. The Morgan fingerprint density at radius 3 is 2.45 bits per heavy atom. The summed E-state index contributed by atoms with van der Waals surface area (Å²) in [5, 5.41) is 9.37. The summed E-state index contributed by atoms with van der Waals surface area (Å²) in [6, 6.07) is 0. The Balaban J connectivity index is 2.36. The minimum absolute atomic E-state index is 0.0584. The first kappa shape index (κ1) is 18.7. The number of carbonyl (C=O) groups is 1. The van der Waals surface area contributed by atoms with Crippen LogP contribution in [0.25, 0.3) is 0 Å². The van der Waals surface area contributed by atoms with Crippen LogP contribution in [-0.4, -0.2) is 50.3 Å². The molecule has 6 heteroatoms. The number of guanidine groups is 1. The Bertz CT molecular complexity index is 382. The highest BCUT2D eigenvalue weighted by Crippen LogP contribution is 2.24. The van der Waals surface area contributed by atoms with Gasteiger partial charge >= 0.3 is 0 Å². The molecular formula is C16H32N4O2. The van der Waals surface area contributed by atoms with Crippen molar-refractivity contribution in [2.45, 2.75) is 53.1 Å². The third kappa shape index (κ3) is 6.64. The number of hydrogen-bond donors (Lipinski definition) is 3. The van der Waals surface area contributed by atoms with Crippen molar-refractivity contribution in [3.05, 3.63) is 0 Å². The molecule has 1 heterocycles. The zero-order valence-corrected chi connectivity index (χ0v) is 14.7. The highest BCUT2D eigenvalue weighted by atomic mass is 16.5. The number of nitrogens with zero attached hydrogens (tertiary/aromatic N) is 1. The molecule has 0 spiro atoms. The summed E-state index contributed by atoms with van der Waals surface area (Å²) in [7, 11) is 0. The van der Waals surface area contributed by atoms with Gasteiger partial charge in [0.1, 0.15) is 0 Å². The third-order valence-corrected chi connectivity index (χ3v) is 3.60. The van der Waals surface area contributed by atoms with E-state index in [2.05, 4.69) is 27.9 Å². The van der Waals surface area contributed by atoms with Crippen molar-refractivity contribution in [3.63, 3.8) is 0 Å². The van der Waals surface area contributed by atoms with Gasteiger partial charge in [-0.2, -0.15) is 0 Å². The number of nitrogens with one attached hydrogen (secondary N) is 3. The van der Waals surface area contributed by atoms with Gasteiger partial charge in [0.15, 0.2) is 5.96 Å². The van der Waals surface area contributed by atoms with Crippen LogP contribution in [0.4, 0.5) is 0 Å². The minimum atomic E-state index is -0.354. The van der Waals surface area contributed by atoms with E-state index in [1.165, 1.54) is 0 Å². The highest BCUT2D eigenvalue weighted by Gasteiger charge is 2.29. The lowest BCUT2D eigenvalue weighted by Crippen LogP contribution is -2.44. The summed E-state index contributed by atoms with van der Waals surface area (Å²) in [4.78, 5) is 16.4. The number of aliphatic imine (C=N–C) groups is 1.